The number of methoxy groups -OCH3 is 2. The van der Waals surface area contributed by atoms with E-state index < -0.39 is 0 Å². The molecule has 48 heavy (non-hydrogen) atoms. The highest BCUT2D eigenvalue weighted by atomic mass is 16.6. The first-order valence-corrected chi connectivity index (χ1v) is 17.0. The zero-order valence-electron chi connectivity index (χ0n) is 29.8. The van der Waals surface area contributed by atoms with Gasteiger partial charge in [0.05, 0.1) is 73.0 Å². The zero-order valence-corrected chi connectivity index (χ0v) is 29.8. The number of rotatable bonds is 8. The SMILES string of the molecule is CCOC(=O)N1CC[C@@H](Nc2ccc(C)cc2N)[C@H](OC)C1.CCOC(=O)N1CC[C@@H](n2c(C(C)C)nc3cc(C)ccc32)[C@H](OC)C1. The second-order valence-corrected chi connectivity index (χ2v) is 12.8. The molecule has 0 unspecified atom stereocenters. The maximum Gasteiger partial charge on any atom is 0.409 e. The number of anilines is 2. The predicted octanol–water partition coefficient (Wildman–Crippen LogP) is 6.12. The van der Waals surface area contributed by atoms with Crippen molar-refractivity contribution in [2.75, 3.05) is 64.7 Å². The fraction of sp³-hybridized carbons (Fsp3) is 0.583. The summed E-state index contributed by atoms with van der Waals surface area (Å²) in [4.78, 5) is 32.3. The Labute approximate surface area is 284 Å². The van der Waals surface area contributed by atoms with Crippen molar-refractivity contribution in [3.05, 3.63) is 53.3 Å². The largest absolute Gasteiger partial charge is 0.450 e. The lowest BCUT2D eigenvalue weighted by Crippen LogP contribution is -2.52. The van der Waals surface area contributed by atoms with Crippen molar-refractivity contribution >= 4 is 34.6 Å². The molecule has 2 amide bonds. The first kappa shape index (κ1) is 36.8. The maximum atomic E-state index is 12.1. The maximum absolute atomic E-state index is 12.1. The van der Waals surface area contributed by atoms with E-state index in [0.717, 1.165) is 46.6 Å². The lowest BCUT2D eigenvalue weighted by molar-refractivity contribution is -0.00634. The summed E-state index contributed by atoms with van der Waals surface area (Å²) in [7, 11) is 3.37. The van der Waals surface area contributed by atoms with Crippen LogP contribution >= 0.6 is 0 Å². The Balaban J connectivity index is 0.000000220. The smallest absolute Gasteiger partial charge is 0.409 e. The van der Waals surface area contributed by atoms with Gasteiger partial charge in [0.25, 0.3) is 0 Å². The van der Waals surface area contributed by atoms with Crippen LogP contribution in [0.3, 0.4) is 0 Å². The van der Waals surface area contributed by atoms with Gasteiger partial charge in [-0.25, -0.2) is 14.6 Å². The number of fused-ring (bicyclic) bond motifs is 1. The van der Waals surface area contributed by atoms with E-state index in [1.54, 1.807) is 30.9 Å². The van der Waals surface area contributed by atoms with Crippen LogP contribution in [0.25, 0.3) is 11.0 Å². The molecule has 3 aromatic rings. The molecule has 2 aromatic carbocycles. The Morgan fingerprint density at radius 1 is 0.896 bits per heavy atom. The number of hydrogen-bond donors (Lipinski definition) is 2. The summed E-state index contributed by atoms with van der Waals surface area (Å²) in [5.74, 6) is 1.38. The van der Waals surface area contributed by atoms with Crippen LogP contribution in [0.5, 0.6) is 0 Å². The Bertz CT molecular complexity index is 1530. The number of imidazole rings is 1. The first-order chi connectivity index (χ1) is 23.0. The van der Waals surface area contributed by atoms with Crippen molar-refractivity contribution in [2.24, 2.45) is 0 Å². The van der Waals surface area contributed by atoms with E-state index in [1.807, 2.05) is 32.0 Å². The molecule has 0 radical (unpaired) electrons. The normalized spacial score (nSPS) is 21.1. The number of ether oxygens (including phenoxy) is 4. The first-order valence-electron chi connectivity index (χ1n) is 17.0. The summed E-state index contributed by atoms with van der Waals surface area (Å²) in [5, 5.41) is 3.44. The van der Waals surface area contributed by atoms with Gasteiger partial charge in [0.1, 0.15) is 5.82 Å². The van der Waals surface area contributed by atoms with Crippen molar-refractivity contribution in [1.82, 2.24) is 19.4 Å². The molecule has 264 valence electrons. The summed E-state index contributed by atoms with van der Waals surface area (Å²) >= 11 is 0. The monoisotopic (exact) mass is 666 g/mol. The molecule has 2 aliphatic rings. The summed E-state index contributed by atoms with van der Waals surface area (Å²) < 4.78 is 23.9. The number of nitrogens with zero attached hydrogens (tertiary/aromatic N) is 4. The standard InChI is InChI=1S/C20H29N3O3.C16H25N3O3/c1-6-26-20(24)22-10-9-17(18(12-22)25-5)23-16-8-7-14(4)11-15(16)21-19(23)13(2)3;1-4-22-16(20)19-8-7-14(15(10-19)21-3)18-13-6-5-11(2)9-12(13)17/h7-8,11,13,17-18H,6,9-10,12H2,1-5H3;5-6,9,14-15,18H,4,7-8,10,17H2,1-3H3/t17-,18-;14-,15-/m11/s1. The molecule has 0 bridgehead atoms. The lowest BCUT2D eigenvalue weighted by Gasteiger charge is -2.38. The van der Waals surface area contributed by atoms with Crippen LogP contribution in [-0.4, -0.2) is 103 Å². The molecule has 12 heteroatoms. The van der Waals surface area contributed by atoms with Crippen molar-refractivity contribution < 1.29 is 28.5 Å². The van der Waals surface area contributed by atoms with Crippen molar-refractivity contribution in [3.8, 4) is 0 Å². The molecule has 2 aliphatic heterocycles. The number of nitrogens with two attached hydrogens (primary N) is 1. The van der Waals surface area contributed by atoms with E-state index in [0.29, 0.717) is 45.3 Å². The van der Waals surface area contributed by atoms with Gasteiger partial charge in [0.2, 0.25) is 0 Å². The average molecular weight is 667 g/mol. The topological polar surface area (TPSA) is 133 Å². The second-order valence-electron chi connectivity index (χ2n) is 12.8. The number of nitrogen functional groups attached to an aromatic ring is 1. The third-order valence-corrected chi connectivity index (χ3v) is 9.01. The van der Waals surface area contributed by atoms with Gasteiger partial charge >= 0.3 is 12.2 Å². The number of likely N-dealkylation sites (tertiary alicyclic amines) is 2. The number of carbonyl (C=O) groups excluding carboxylic acids is 2. The number of aryl methyl sites for hydroxylation is 2. The molecule has 2 saturated heterocycles. The van der Waals surface area contributed by atoms with Gasteiger partial charge in [-0.05, 0) is 75.9 Å². The van der Waals surface area contributed by atoms with Gasteiger partial charge in [-0.15, -0.1) is 0 Å². The highest BCUT2D eigenvalue weighted by Crippen LogP contribution is 2.33. The number of piperidine rings is 2. The summed E-state index contributed by atoms with van der Waals surface area (Å²) in [5.41, 5.74) is 12.2. The van der Waals surface area contributed by atoms with Gasteiger partial charge in [-0.3, -0.25) is 0 Å². The minimum atomic E-state index is -0.280. The van der Waals surface area contributed by atoms with Crippen LogP contribution in [-0.2, 0) is 18.9 Å². The molecule has 0 saturated carbocycles. The molecule has 2 fully saturated rings. The number of benzene rings is 2. The number of amides is 2. The summed E-state index contributed by atoms with van der Waals surface area (Å²) in [6.07, 6.45) is 0.866. The molecule has 3 N–H and O–H groups in total. The molecule has 5 rings (SSSR count). The average Bonchev–Trinajstić information content (AvgIpc) is 3.45. The van der Waals surface area contributed by atoms with Crippen LogP contribution in [0.4, 0.5) is 21.0 Å². The van der Waals surface area contributed by atoms with E-state index in [2.05, 4.69) is 48.9 Å². The van der Waals surface area contributed by atoms with Gasteiger partial charge in [0.15, 0.2) is 0 Å². The van der Waals surface area contributed by atoms with Gasteiger partial charge in [-0.2, -0.15) is 0 Å². The number of nitrogens with one attached hydrogen (secondary N) is 1. The van der Waals surface area contributed by atoms with E-state index in [-0.39, 0.29) is 36.5 Å². The number of aromatic nitrogens is 2. The van der Waals surface area contributed by atoms with Crippen molar-refractivity contribution in [1.29, 1.82) is 0 Å². The van der Waals surface area contributed by atoms with E-state index in [9.17, 15) is 9.59 Å². The van der Waals surface area contributed by atoms with Crippen LogP contribution < -0.4 is 11.1 Å². The van der Waals surface area contributed by atoms with E-state index in [4.69, 9.17) is 29.7 Å². The number of carbonyl (C=O) groups is 2. The third-order valence-electron chi connectivity index (χ3n) is 9.01. The van der Waals surface area contributed by atoms with Crippen LogP contribution in [0.1, 0.15) is 69.4 Å². The molecular formula is C36H54N6O6. The zero-order chi connectivity index (χ0) is 35.0. The van der Waals surface area contributed by atoms with Gasteiger partial charge in [-0.1, -0.05) is 26.0 Å². The Morgan fingerprint density at radius 2 is 1.48 bits per heavy atom. The highest BCUT2D eigenvalue weighted by molar-refractivity contribution is 5.77. The molecule has 4 atom stereocenters. The predicted molar refractivity (Wildman–Crippen MR) is 189 cm³/mol. The lowest BCUT2D eigenvalue weighted by atomic mass is 10.00. The Hall–Kier alpha value is -4.03. The minimum Gasteiger partial charge on any atom is -0.450 e. The van der Waals surface area contributed by atoms with Crippen LogP contribution in [0.2, 0.25) is 0 Å². The number of hydrogen-bond acceptors (Lipinski definition) is 9. The molecule has 1 aromatic heterocycles. The fourth-order valence-corrected chi connectivity index (χ4v) is 6.51. The van der Waals surface area contributed by atoms with Crippen LogP contribution in [0, 0.1) is 13.8 Å². The van der Waals surface area contributed by atoms with Crippen LogP contribution in [0.15, 0.2) is 36.4 Å². The minimum absolute atomic E-state index is 0.0932. The summed E-state index contributed by atoms with van der Waals surface area (Å²) in [6.45, 7) is 15.2. The van der Waals surface area contributed by atoms with Gasteiger partial charge in [0, 0.05) is 33.2 Å². The molecule has 3 heterocycles. The van der Waals surface area contributed by atoms with Gasteiger partial charge < -0.3 is 44.4 Å². The summed E-state index contributed by atoms with van der Waals surface area (Å²) in [6, 6.07) is 12.6. The van der Waals surface area contributed by atoms with E-state index in [1.165, 1.54) is 5.56 Å². The van der Waals surface area contributed by atoms with Crippen molar-refractivity contribution in [2.45, 2.75) is 84.6 Å². The molecule has 0 spiro atoms. The van der Waals surface area contributed by atoms with Crippen molar-refractivity contribution in [3.63, 3.8) is 0 Å². The Kier molecular flexibility index (Phi) is 12.9. The quantitative estimate of drug-likeness (QED) is 0.273. The van der Waals surface area contributed by atoms with E-state index >= 15 is 0 Å². The highest BCUT2D eigenvalue weighted by Gasteiger charge is 2.36. The fourth-order valence-electron chi connectivity index (χ4n) is 6.51. The second kappa shape index (κ2) is 16.9. The molecular weight excluding hydrogens is 612 g/mol. The third kappa shape index (κ3) is 8.70. The molecule has 0 aliphatic carbocycles. The Morgan fingerprint density at radius 3 is 2.06 bits per heavy atom. The molecule has 12 nitrogen and oxygen atoms in total.